The van der Waals surface area contributed by atoms with Crippen LogP contribution in [0.2, 0.25) is 0 Å². The SMILES string of the molecule is CC.CC.Cn1ccc(-c2cc(-c3ccc(F)cc3)ncc2C2(F)CCNC2)n1. The molecule has 4 nitrogen and oxygen atoms in total. The summed E-state index contributed by atoms with van der Waals surface area (Å²) in [6.45, 7) is 8.91. The number of hydrogen-bond donors (Lipinski definition) is 1. The van der Waals surface area contributed by atoms with Crippen molar-refractivity contribution in [2.45, 2.75) is 39.8 Å². The fourth-order valence-corrected chi connectivity index (χ4v) is 3.25. The third-order valence-electron chi connectivity index (χ3n) is 4.62. The Morgan fingerprint density at radius 1 is 1.03 bits per heavy atom. The van der Waals surface area contributed by atoms with Gasteiger partial charge in [-0.1, -0.05) is 27.7 Å². The van der Waals surface area contributed by atoms with Gasteiger partial charge in [0.05, 0.1) is 11.4 Å². The first-order chi connectivity index (χ1) is 14.0. The molecule has 1 aliphatic heterocycles. The molecule has 1 fully saturated rings. The summed E-state index contributed by atoms with van der Waals surface area (Å²) in [4.78, 5) is 4.44. The summed E-state index contributed by atoms with van der Waals surface area (Å²) in [6, 6.07) is 9.82. The molecule has 1 aromatic carbocycles. The number of halogens is 2. The summed E-state index contributed by atoms with van der Waals surface area (Å²) in [5.41, 5.74) is 1.96. The van der Waals surface area contributed by atoms with Crippen LogP contribution < -0.4 is 5.32 Å². The molecule has 3 aromatic rings. The van der Waals surface area contributed by atoms with E-state index < -0.39 is 5.67 Å². The second-order valence-electron chi connectivity index (χ2n) is 6.39. The standard InChI is InChI=1S/C19H18F2N4.2C2H6/c1-25-9-6-17(24-25)15-10-18(13-2-4-14(20)5-3-13)23-11-16(15)19(21)7-8-22-12-19;2*1-2/h2-6,9-11,22H,7-8,12H2,1H3;2*1-2H3. The molecular formula is C23H30F2N4. The fraction of sp³-hybridized carbons (Fsp3) is 0.391. The first-order valence-electron chi connectivity index (χ1n) is 10.2. The minimum absolute atomic E-state index is 0.268. The molecule has 1 aliphatic rings. The smallest absolute Gasteiger partial charge is 0.151 e. The zero-order valence-corrected chi connectivity index (χ0v) is 17.8. The van der Waals surface area contributed by atoms with Gasteiger partial charge in [-0.05, 0) is 49.4 Å². The van der Waals surface area contributed by atoms with E-state index in [0.29, 0.717) is 29.9 Å². The van der Waals surface area contributed by atoms with Crippen LogP contribution in [0, 0.1) is 5.82 Å². The summed E-state index contributed by atoms with van der Waals surface area (Å²) in [7, 11) is 1.83. The largest absolute Gasteiger partial charge is 0.313 e. The molecule has 0 bridgehead atoms. The lowest BCUT2D eigenvalue weighted by Gasteiger charge is -2.22. The number of aryl methyl sites for hydroxylation is 1. The fourth-order valence-electron chi connectivity index (χ4n) is 3.25. The molecule has 0 saturated carbocycles. The molecule has 1 N–H and O–H groups in total. The second kappa shape index (κ2) is 10.3. The van der Waals surface area contributed by atoms with Crippen molar-refractivity contribution in [1.82, 2.24) is 20.1 Å². The number of alkyl halides is 1. The molecule has 0 aliphatic carbocycles. The van der Waals surface area contributed by atoms with Crippen molar-refractivity contribution in [3.05, 3.63) is 60.2 Å². The highest BCUT2D eigenvalue weighted by Crippen LogP contribution is 2.39. The minimum atomic E-state index is -1.46. The van der Waals surface area contributed by atoms with Crippen LogP contribution in [0.25, 0.3) is 22.5 Å². The molecule has 3 heterocycles. The average molecular weight is 401 g/mol. The topological polar surface area (TPSA) is 42.7 Å². The van der Waals surface area contributed by atoms with E-state index in [1.807, 2.05) is 53.1 Å². The van der Waals surface area contributed by atoms with E-state index in [9.17, 15) is 4.39 Å². The van der Waals surface area contributed by atoms with E-state index >= 15 is 4.39 Å². The van der Waals surface area contributed by atoms with Gasteiger partial charge in [0, 0.05) is 42.7 Å². The number of nitrogens with zero attached hydrogens (tertiary/aromatic N) is 3. The first-order valence-corrected chi connectivity index (χ1v) is 10.2. The zero-order valence-electron chi connectivity index (χ0n) is 17.8. The Hall–Kier alpha value is -2.60. The molecule has 1 unspecified atom stereocenters. The quantitative estimate of drug-likeness (QED) is 0.631. The predicted octanol–water partition coefficient (Wildman–Crippen LogP) is 5.50. The Bertz CT molecular complexity index is 897. The van der Waals surface area contributed by atoms with Crippen molar-refractivity contribution in [2.24, 2.45) is 7.05 Å². The van der Waals surface area contributed by atoms with Gasteiger partial charge in [-0.2, -0.15) is 5.10 Å². The second-order valence-corrected chi connectivity index (χ2v) is 6.39. The molecule has 0 amide bonds. The van der Waals surface area contributed by atoms with Gasteiger partial charge < -0.3 is 5.32 Å². The maximum atomic E-state index is 15.4. The van der Waals surface area contributed by atoms with Gasteiger partial charge in [0.25, 0.3) is 0 Å². The molecule has 6 heteroatoms. The highest BCUT2D eigenvalue weighted by molar-refractivity contribution is 5.71. The van der Waals surface area contributed by atoms with Crippen LogP contribution in [0.15, 0.2) is 48.8 Å². The number of nitrogens with one attached hydrogen (secondary N) is 1. The molecule has 29 heavy (non-hydrogen) atoms. The van der Waals surface area contributed by atoms with Crippen LogP contribution in [0.3, 0.4) is 0 Å². The van der Waals surface area contributed by atoms with E-state index in [2.05, 4.69) is 15.4 Å². The minimum Gasteiger partial charge on any atom is -0.313 e. The van der Waals surface area contributed by atoms with Crippen molar-refractivity contribution in [2.75, 3.05) is 13.1 Å². The van der Waals surface area contributed by atoms with Crippen molar-refractivity contribution < 1.29 is 8.78 Å². The Morgan fingerprint density at radius 3 is 2.28 bits per heavy atom. The number of benzene rings is 1. The molecular weight excluding hydrogens is 370 g/mol. The van der Waals surface area contributed by atoms with Gasteiger partial charge in [0.15, 0.2) is 5.67 Å². The van der Waals surface area contributed by atoms with Crippen LogP contribution in [0.4, 0.5) is 8.78 Å². The van der Waals surface area contributed by atoms with E-state index in [-0.39, 0.29) is 12.4 Å². The number of rotatable bonds is 3. The molecule has 1 atom stereocenters. The monoisotopic (exact) mass is 400 g/mol. The molecule has 4 rings (SSSR count). The lowest BCUT2D eigenvalue weighted by molar-refractivity contribution is 0.193. The van der Waals surface area contributed by atoms with Crippen molar-refractivity contribution >= 4 is 0 Å². The molecule has 156 valence electrons. The van der Waals surface area contributed by atoms with Gasteiger partial charge in [-0.25, -0.2) is 8.78 Å². The Labute approximate surface area is 172 Å². The Balaban J connectivity index is 0.000000707. The number of aromatic nitrogens is 3. The third kappa shape index (κ3) is 5.07. The van der Waals surface area contributed by atoms with E-state index in [1.165, 1.54) is 12.1 Å². The highest BCUT2D eigenvalue weighted by atomic mass is 19.1. The molecule has 1 saturated heterocycles. The molecule has 0 spiro atoms. The Kier molecular flexibility index (Phi) is 8.02. The summed E-state index contributed by atoms with van der Waals surface area (Å²) in [5.74, 6) is -0.301. The van der Waals surface area contributed by atoms with E-state index in [1.54, 1.807) is 23.0 Å². The van der Waals surface area contributed by atoms with Gasteiger partial charge in [-0.3, -0.25) is 9.67 Å². The van der Waals surface area contributed by atoms with Crippen LogP contribution in [-0.4, -0.2) is 27.9 Å². The zero-order chi connectivity index (χ0) is 21.4. The summed E-state index contributed by atoms with van der Waals surface area (Å²) in [5, 5.41) is 7.51. The molecule has 2 aromatic heterocycles. The predicted molar refractivity (Wildman–Crippen MR) is 115 cm³/mol. The van der Waals surface area contributed by atoms with Gasteiger partial charge in [0.1, 0.15) is 5.82 Å². The molecule has 0 radical (unpaired) electrons. The van der Waals surface area contributed by atoms with Crippen LogP contribution in [0.5, 0.6) is 0 Å². The maximum absolute atomic E-state index is 15.4. The third-order valence-corrected chi connectivity index (χ3v) is 4.62. The first kappa shape index (κ1) is 22.7. The van der Waals surface area contributed by atoms with Crippen LogP contribution >= 0.6 is 0 Å². The van der Waals surface area contributed by atoms with Crippen molar-refractivity contribution in [3.63, 3.8) is 0 Å². The summed E-state index contributed by atoms with van der Waals surface area (Å²) >= 11 is 0. The lowest BCUT2D eigenvalue weighted by Crippen LogP contribution is -2.24. The normalized spacial score (nSPS) is 17.8. The van der Waals surface area contributed by atoms with Gasteiger partial charge >= 0.3 is 0 Å². The lowest BCUT2D eigenvalue weighted by atomic mass is 9.90. The summed E-state index contributed by atoms with van der Waals surface area (Å²) in [6.07, 6.45) is 3.83. The summed E-state index contributed by atoms with van der Waals surface area (Å²) < 4.78 is 30.3. The maximum Gasteiger partial charge on any atom is 0.151 e. The van der Waals surface area contributed by atoms with Crippen molar-refractivity contribution in [3.8, 4) is 22.5 Å². The highest BCUT2D eigenvalue weighted by Gasteiger charge is 2.38. The average Bonchev–Trinajstić information content (AvgIpc) is 3.40. The van der Waals surface area contributed by atoms with Crippen molar-refractivity contribution in [1.29, 1.82) is 0 Å². The number of pyridine rings is 1. The van der Waals surface area contributed by atoms with Crippen LogP contribution in [0.1, 0.15) is 39.7 Å². The van der Waals surface area contributed by atoms with Gasteiger partial charge in [-0.15, -0.1) is 0 Å². The Morgan fingerprint density at radius 2 is 1.72 bits per heavy atom. The van der Waals surface area contributed by atoms with E-state index in [4.69, 9.17) is 0 Å². The van der Waals surface area contributed by atoms with Crippen LogP contribution in [-0.2, 0) is 12.7 Å². The van der Waals surface area contributed by atoms with Gasteiger partial charge in [0.2, 0.25) is 0 Å². The van der Waals surface area contributed by atoms with E-state index in [0.717, 1.165) is 11.1 Å². The number of hydrogen-bond acceptors (Lipinski definition) is 3.